The molecule has 2 aliphatic heterocycles. The molecule has 15 heteroatoms. The fourth-order valence-electron chi connectivity index (χ4n) is 5.78. The predicted octanol–water partition coefficient (Wildman–Crippen LogP) is 3.09. The van der Waals surface area contributed by atoms with Crippen LogP contribution in [0.25, 0.3) is 16.9 Å². The Balaban J connectivity index is 1.32. The van der Waals surface area contributed by atoms with E-state index < -0.39 is 12.5 Å². The molecule has 0 bridgehead atoms. The molecule has 5 heterocycles. The number of likely N-dealkylation sites (tertiary alicyclic amines) is 2. The molecule has 2 atom stereocenters. The molecule has 12 nitrogen and oxygen atoms in total. The van der Waals surface area contributed by atoms with Gasteiger partial charge in [0, 0.05) is 55.4 Å². The number of rotatable bonds is 8. The van der Waals surface area contributed by atoms with Gasteiger partial charge >= 0.3 is 6.61 Å². The zero-order chi connectivity index (χ0) is 29.5. The molecule has 42 heavy (non-hydrogen) atoms. The van der Waals surface area contributed by atoms with E-state index in [4.69, 9.17) is 22.1 Å². The number of aromatic nitrogens is 5. The summed E-state index contributed by atoms with van der Waals surface area (Å²) in [5, 5.41) is 11.6. The Labute approximate surface area is 244 Å². The summed E-state index contributed by atoms with van der Waals surface area (Å²) in [4.78, 5) is 35.2. The molecule has 2 amide bonds. The van der Waals surface area contributed by atoms with Crippen molar-refractivity contribution >= 4 is 40.6 Å². The van der Waals surface area contributed by atoms with Crippen LogP contribution in [0.15, 0.2) is 42.9 Å². The lowest BCUT2D eigenvalue weighted by Crippen LogP contribution is -2.35. The second kappa shape index (κ2) is 11.2. The van der Waals surface area contributed by atoms with Crippen LogP contribution < -0.4 is 15.8 Å². The normalized spacial score (nSPS) is 18.6. The van der Waals surface area contributed by atoms with Crippen molar-refractivity contribution in [3.05, 3.63) is 53.4 Å². The van der Waals surface area contributed by atoms with Crippen molar-refractivity contribution in [1.82, 2.24) is 34.2 Å². The van der Waals surface area contributed by atoms with Gasteiger partial charge in [0.1, 0.15) is 23.6 Å². The molecule has 3 N–H and O–H groups in total. The van der Waals surface area contributed by atoms with Crippen molar-refractivity contribution in [2.24, 2.45) is 11.8 Å². The van der Waals surface area contributed by atoms with Crippen LogP contribution in [0, 0.1) is 11.8 Å². The van der Waals surface area contributed by atoms with Crippen LogP contribution in [0.3, 0.4) is 0 Å². The van der Waals surface area contributed by atoms with Crippen LogP contribution in [0.1, 0.15) is 17.3 Å². The van der Waals surface area contributed by atoms with Crippen LogP contribution in [-0.4, -0.2) is 85.3 Å². The van der Waals surface area contributed by atoms with Crippen molar-refractivity contribution in [3.8, 4) is 17.0 Å². The van der Waals surface area contributed by atoms with Gasteiger partial charge in [-0.15, -0.1) is 5.10 Å². The van der Waals surface area contributed by atoms with E-state index in [9.17, 15) is 18.4 Å². The quantitative estimate of drug-likeness (QED) is 0.315. The summed E-state index contributed by atoms with van der Waals surface area (Å²) in [6, 6.07) is 5.72. The lowest BCUT2D eigenvalue weighted by molar-refractivity contribution is -0.131. The highest BCUT2D eigenvalue weighted by molar-refractivity contribution is 6.31. The van der Waals surface area contributed by atoms with Crippen LogP contribution in [0.2, 0.25) is 5.02 Å². The summed E-state index contributed by atoms with van der Waals surface area (Å²) < 4.78 is 34.0. The van der Waals surface area contributed by atoms with Crippen LogP contribution in [0.5, 0.6) is 5.75 Å². The van der Waals surface area contributed by atoms with Crippen molar-refractivity contribution < 1.29 is 23.1 Å². The zero-order valence-electron chi connectivity index (χ0n) is 22.6. The number of nitrogens with one attached hydrogen (secondary N) is 1. The van der Waals surface area contributed by atoms with Gasteiger partial charge in [-0.3, -0.25) is 14.3 Å². The Kier molecular flexibility index (Phi) is 7.41. The number of nitrogen functional groups attached to an aromatic ring is 1. The Bertz CT molecular complexity index is 1650. The molecule has 2 aliphatic rings. The number of anilines is 2. The van der Waals surface area contributed by atoms with E-state index >= 15 is 0 Å². The second-order valence-electron chi connectivity index (χ2n) is 10.4. The maximum absolute atomic E-state index is 13.4. The average molecular weight is 600 g/mol. The van der Waals surface area contributed by atoms with Crippen molar-refractivity contribution in [1.29, 1.82) is 0 Å². The number of alkyl halides is 2. The molecule has 6 rings (SSSR count). The summed E-state index contributed by atoms with van der Waals surface area (Å²) >= 11 is 6.21. The van der Waals surface area contributed by atoms with Crippen molar-refractivity contribution in [2.75, 3.05) is 43.8 Å². The molecular formula is C27H28ClF2N9O3. The van der Waals surface area contributed by atoms with Crippen molar-refractivity contribution in [3.63, 3.8) is 0 Å². The number of carbonyl (C=O) groups excluding carboxylic acids is 2. The Morgan fingerprint density at radius 2 is 1.95 bits per heavy atom. The number of carbonyl (C=O) groups is 2. The summed E-state index contributed by atoms with van der Waals surface area (Å²) in [6.07, 6.45) is 4.55. The topological polar surface area (TPSA) is 136 Å². The number of hydrogen-bond acceptors (Lipinski definition) is 8. The number of halogens is 3. The maximum Gasteiger partial charge on any atom is 0.387 e. The highest BCUT2D eigenvalue weighted by Gasteiger charge is 2.41. The lowest BCUT2D eigenvalue weighted by Gasteiger charge is -2.20. The summed E-state index contributed by atoms with van der Waals surface area (Å²) in [7, 11) is 0. The monoisotopic (exact) mass is 599 g/mol. The maximum atomic E-state index is 13.4. The Morgan fingerprint density at radius 3 is 2.67 bits per heavy atom. The highest BCUT2D eigenvalue weighted by Crippen LogP contribution is 2.37. The second-order valence-corrected chi connectivity index (χ2v) is 10.8. The van der Waals surface area contributed by atoms with Gasteiger partial charge in [0.05, 0.1) is 5.69 Å². The van der Waals surface area contributed by atoms with E-state index in [1.807, 2.05) is 4.90 Å². The van der Waals surface area contributed by atoms with Gasteiger partial charge in [0.15, 0.2) is 11.5 Å². The molecule has 4 aromatic rings. The first-order chi connectivity index (χ1) is 20.2. The number of hydrogen-bond donors (Lipinski definition) is 2. The molecule has 0 saturated carbocycles. The number of ether oxygens (including phenoxy) is 1. The highest BCUT2D eigenvalue weighted by atomic mass is 35.5. The summed E-state index contributed by atoms with van der Waals surface area (Å²) in [5.74, 6) is -0.178. The first-order valence-electron chi connectivity index (χ1n) is 13.4. The van der Waals surface area contributed by atoms with E-state index in [0.717, 1.165) is 19.6 Å². The molecular weight excluding hydrogens is 572 g/mol. The smallest absolute Gasteiger partial charge is 0.387 e. The van der Waals surface area contributed by atoms with E-state index in [1.54, 1.807) is 12.3 Å². The molecule has 0 radical (unpaired) electrons. The SMILES string of the molecule is CCN1CC2CN(C(=O)Cn3cc(NC(=O)c4c(N)nn5cccnc45)c(-c4cc(Cl)ccc4OC(F)F)n3)CC2C1. The predicted molar refractivity (Wildman–Crippen MR) is 150 cm³/mol. The minimum absolute atomic E-state index is 0.0188. The van der Waals surface area contributed by atoms with Gasteiger partial charge in [-0.25, -0.2) is 9.50 Å². The number of fused-ring (bicyclic) bond motifs is 2. The minimum Gasteiger partial charge on any atom is -0.434 e. The fourth-order valence-corrected chi connectivity index (χ4v) is 5.95. The lowest BCUT2D eigenvalue weighted by atomic mass is 10.0. The van der Waals surface area contributed by atoms with Gasteiger partial charge in [-0.1, -0.05) is 18.5 Å². The number of benzene rings is 1. The first kappa shape index (κ1) is 27.8. The molecule has 2 unspecified atom stereocenters. The van der Waals surface area contributed by atoms with E-state index in [1.165, 1.54) is 39.8 Å². The van der Waals surface area contributed by atoms with Gasteiger partial charge < -0.3 is 25.6 Å². The number of amides is 2. The number of nitrogens with two attached hydrogens (primary N) is 1. The van der Waals surface area contributed by atoms with Gasteiger partial charge in [-0.05, 0) is 42.6 Å². The third kappa shape index (κ3) is 5.34. The zero-order valence-corrected chi connectivity index (χ0v) is 23.3. The summed E-state index contributed by atoms with van der Waals surface area (Å²) in [6.45, 7) is 3.16. The fraction of sp³-hybridized carbons (Fsp3) is 0.370. The third-order valence-electron chi connectivity index (χ3n) is 7.73. The first-order valence-corrected chi connectivity index (χ1v) is 13.8. The molecule has 2 fully saturated rings. The average Bonchev–Trinajstić information content (AvgIpc) is 3.70. The molecule has 3 aromatic heterocycles. The molecule has 2 saturated heterocycles. The van der Waals surface area contributed by atoms with Crippen LogP contribution in [-0.2, 0) is 11.3 Å². The van der Waals surface area contributed by atoms with E-state index in [-0.39, 0.29) is 57.2 Å². The molecule has 1 aromatic carbocycles. The minimum atomic E-state index is -3.12. The van der Waals surface area contributed by atoms with Crippen molar-refractivity contribution in [2.45, 2.75) is 20.1 Å². The standard InChI is InChI=1S/C27H28ClF2N9O3/c1-2-36-9-15-11-37(12-16(15)10-36)21(40)14-38-13-19(23(34-38)18-8-17(28)4-5-20(18)42-27(29)30)33-26(41)22-24(31)35-39-7-3-6-32-25(22)39/h3-8,13,15-16,27H,2,9-12,14H2,1H3,(H2,31,35)(H,33,41). The van der Waals surface area contributed by atoms with Gasteiger partial charge in [0.2, 0.25) is 5.91 Å². The van der Waals surface area contributed by atoms with Gasteiger partial charge in [-0.2, -0.15) is 13.9 Å². The Hall–Kier alpha value is -4.30. The largest absolute Gasteiger partial charge is 0.434 e. The number of nitrogens with zero attached hydrogens (tertiary/aromatic N) is 7. The van der Waals surface area contributed by atoms with E-state index in [2.05, 4.69) is 32.3 Å². The summed E-state index contributed by atoms with van der Waals surface area (Å²) in [5.41, 5.74) is 6.57. The molecule has 220 valence electrons. The van der Waals surface area contributed by atoms with Crippen LogP contribution >= 0.6 is 11.6 Å². The van der Waals surface area contributed by atoms with Gasteiger partial charge in [0.25, 0.3) is 5.91 Å². The van der Waals surface area contributed by atoms with Crippen LogP contribution in [0.4, 0.5) is 20.3 Å². The Morgan fingerprint density at radius 1 is 1.19 bits per heavy atom. The molecule has 0 spiro atoms. The third-order valence-corrected chi connectivity index (χ3v) is 7.97. The molecule has 0 aliphatic carbocycles. The van der Waals surface area contributed by atoms with E-state index in [0.29, 0.717) is 24.9 Å².